The van der Waals surface area contributed by atoms with E-state index in [1.807, 2.05) is 6.26 Å². The first-order valence-electron chi connectivity index (χ1n) is 4.94. The highest BCUT2D eigenvalue weighted by atomic mass is 32.2. The van der Waals surface area contributed by atoms with Crippen LogP contribution in [0.1, 0.15) is 5.82 Å². The third kappa shape index (κ3) is 2.36. The van der Waals surface area contributed by atoms with Gasteiger partial charge in [0.05, 0.1) is 18.4 Å². The number of nitrogens with zero attached hydrogens (tertiary/aromatic N) is 2. The molecule has 0 amide bonds. The number of thioether (sulfide) groups is 1. The molecule has 6 heteroatoms. The molecule has 0 aliphatic carbocycles. The molecule has 0 aliphatic rings. The van der Waals surface area contributed by atoms with Gasteiger partial charge in [-0.15, -0.1) is 0 Å². The summed E-state index contributed by atoms with van der Waals surface area (Å²) in [6, 6.07) is 5.12. The Labute approximate surface area is 103 Å². The fourth-order valence-corrected chi connectivity index (χ4v) is 1.79. The summed E-state index contributed by atoms with van der Waals surface area (Å²) in [6.07, 6.45) is 1.96. The SMILES string of the molecule is COc1cccc(-c2nc(CSC)no2)c1O. The van der Waals surface area contributed by atoms with Gasteiger partial charge in [-0.25, -0.2) is 0 Å². The van der Waals surface area contributed by atoms with Gasteiger partial charge in [-0.1, -0.05) is 11.2 Å². The van der Waals surface area contributed by atoms with E-state index in [2.05, 4.69) is 10.1 Å². The van der Waals surface area contributed by atoms with E-state index >= 15 is 0 Å². The molecule has 0 unspecified atom stereocenters. The van der Waals surface area contributed by atoms with Crippen LogP contribution >= 0.6 is 11.8 Å². The van der Waals surface area contributed by atoms with Gasteiger partial charge in [-0.2, -0.15) is 16.7 Å². The number of hydrogen-bond acceptors (Lipinski definition) is 6. The fourth-order valence-electron chi connectivity index (χ4n) is 1.41. The van der Waals surface area contributed by atoms with Gasteiger partial charge < -0.3 is 14.4 Å². The quantitative estimate of drug-likeness (QED) is 0.900. The number of hydrogen-bond donors (Lipinski definition) is 1. The summed E-state index contributed by atoms with van der Waals surface area (Å²) in [7, 11) is 1.49. The molecule has 90 valence electrons. The molecule has 17 heavy (non-hydrogen) atoms. The van der Waals surface area contributed by atoms with Gasteiger partial charge in [-0.05, 0) is 18.4 Å². The van der Waals surface area contributed by atoms with Gasteiger partial charge >= 0.3 is 0 Å². The highest BCUT2D eigenvalue weighted by molar-refractivity contribution is 7.97. The van der Waals surface area contributed by atoms with Crippen LogP contribution in [0.4, 0.5) is 0 Å². The van der Waals surface area contributed by atoms with E-state index in [4.69, 9.17) is 9.26 Å². The number of phenols is 1. The number of methoxy groups -OCH3 is 1. The average Bonchev–Trinajstić information content (AvgIpc) is 2.78. The molecular formula is C11H12N2O3S. The smallest absolute Gasteiger partial charge is 0.261 e. The van der Waals surface area contributed by atoms with Crippen LogP contribution in [0.5, 0.6) is 11.5 Å². The second-order valence-electron chi connectivity index (χ2n) is 3.31. The van der Waals surface area contributed by atoms with Crippen molar-refractivity contribution < 1.29 is 14.4 Å². The number of rotatable bonds is 4. The first kappa shape index (κ1) is 11.8. The summed E-state index contributed by atoms with van der Waals surface area (Å²) in [5, 5.41) is 13.7. The van der Waals surface area contributed by atoms with Crippen LogP contribution in [0.2, 0.25) is 0 Å². The summed E-state index contributed by atoms with van der Waals surface area (Å²) < 4.78 is 10.1. The number of aromatic hydroxyl groups is 1. The molecule has 0 atom stereocenters. The predicted octanol–water partition coefficient (Wildman–Crippen LogP) is 2.31. The van der Waals surface area contributed by atoms with Gasteiger partial charge in [-0.3, -0.25) is 0 Å². The Morgan fingerprint density at radius 2 is 2.29 bits per heavy atom. The zero-order valence-electron chi connectivity index (χ0n) is 9.51. The van der Waals surface area contributed by atoms with Crippen LogP contribution in [-0.2, 0) is 5.75 Å². The molecular weight excluding hydrogens is 240 g/mol. The predicted molar refractivity (Wildman–Crippen MR) is 65.2 cm³/mol. The van der Waals surface area contributed by atoms with E-state index in [0.29, 0.717) is 28.8 Å². The standard InChI is InChI=1S/C11H12N2O3S/c1-15-8-5-3-4-7(10(8)14)11-12-9(6-17-2)13-16-11/h3-5,14H,6H2,1-2H3. The highest BCUT2D eigenvalue weighted by Gasteiger charge is 2.15. The molecule has 0 spiro atoms. The number of para-hydroxylation sites is 1. The van der Waals surface area contributed by atoms with E-state index in [-0.39, 0.29) is 5.75 Å². The topological polar surface area (TPSA) is 68.4 Å². The Kier molecular flexibility index (Phi) is 3.53. The summed E-state index contributed by atoms with van der Waals surface area (Å²) in [6.45, 7) is 0. The normalized spacial score (nSPS) is 10.5. The second-order valence-corrected chi connectivity index (χ2v) is 4.17. The van der Waals surface area contributed by atoms with Crippen molar-refractivity contribution in [3.05, 3.63) is 24.0 Å². The minimum Gasteiger partial charge on any atom is -0.504 e. The minimum absolute atomic E-state index is 0.00866. The molecule has 0 bridgehead atoms. The van der Waals surface area contributed by atoms with Crippen LogP contribution in [0.3, 0.4) is 0 Å². The van der Waals surface area contributed by atoms with Gasteiger partial charge in [0.25, 0.3) is 5.89 Å². The first-order valence-corrected chi connectivity index (χ1v) is 6.33. The maximum absolute atomic E-state index is 9.92. The third-order valence-corrected chi connectivity index (χ3v) is 2.74. The Morgan fingerprint density at radius 1 is 1.47 bits per heavy atom. The lowest BCUT2D eigenvalue weighted by atomic mass is 10.2. The van der Waals surface area contributed by atoms with Crippen molar-refractivity contribution in [3.8, 4) is 23.0 Å². The summed E-state index contributed by atoms with van der Waals surface area (Å²) in [5.41, 5.74) is 0.476. The first-order chi connectivity index (χ1) is 8.26. The lowest BCUT2D eigenvalue weighted by molar-refractivity contribution is 0.371. The molecule has 0 saturated heterocycles. The molecule has 0 radical (unpaired) electrons. The molecule has 1 N–H and O–H groups in total. The van der Waals surface area contributed by atoms with Gasteiger partial charge in [0.15, 0.2) is 17.3 Å². The molecule has 0 saturated carbocycles. The zero-order chi connectivity index (χ0) is 12.3. The van der Waals surface area contributed by atoms with Crippen molar-refractivity contribution in [2.75, 3.05) is 13.4 Å². The molecule has 0 aliphatic heterocycles. The molecule has 5 nitrogen and oxygen atoms in total. The Bertz CT molecular complexity index is 513. The summed E-state index contributed by atoms with van der Waals surface area (Å²) in [5.74, 6) is 1.97. The van der Waals surface area contributed by atoms with Crippen molar-refractivity contribution in [2.24, 2.45) is 0 Å². The molecule has 2 aromatic rings. The summed E-state index contributed by atoms with van der Waals surface area (Å²) >= 11 is 1.60. The lowest BCUT2D eigenvalue weighted by Crippen LogP contribution is -1.87. The fraction of sp³-hybridized carbons (Fsp3) is 0.273. The van der Waals surface area contributed by atoms with Crippen molar-refractivity contribution in [1.82, 2.24) is 10.1 Å². The number of aromatic nitrogens is 2. The Morgan fingerprint density at radius 3 is 3.00 bits per heavy atom. The molecule has 1 heterocycles. The highest BCUT2D eigenvalue weighted by Crippen LogP contribution is 2.35. The van der Waals surface area contributed by atoms with Crippen LogP contribution in [0.25, 0.3) is 11.5 Å². The van der Waals surface area contributed by atoms with E-state index in [1.165, 1.54) is 7.11 Å². The Hall–Kier alpha value is -1.69. The largest absolute Gasteiger partial charge is 0.504 e. The Balaban J connectivity index is 2.38. The van der Waals surface area contributed by atoms with E-state index < -0.39 is 0 Å². The number of benzene rings is 1. The van der Waals surface area contributed by atoms with Crippen molar-refractivity contribution >= 4 is 11.8 Å². The molecule has 1 aromatic carbocycles. The van der Waals surface area contributed by atoms with E-state index in [0.717, 1.165) is 0 Å². The molecule has 0 fully saturated rings. The molecule has 2 rings (SSSR count). The van der Waals surface area contributed by atoms with Crippen LogP contribution in [-0.4, -0.2) is 28.6 Å². The minimum atomic E-state index is 0.00866. The number of phenolic OH excluding ortho intramolecular Hbond substituents is 1. The van der Waals surface area contributed by atoms with Crippen molar-refractivity contribution in [1.29, 1.82) is 0 Å². The maximum atomic E-state index is 9.92. The monoisotopic (exact) mass is 252 g/mol. The summed E-state index contributed by atoms with van der Waals surface area (Å²) in [4.78, 5) is 4.19. The third-order valence-electron chi connectivity index (χ3n) is 2.19. The van der Waals surface area contributed by atoms with Crippen LogP contribution < -0.4 is 4.74 Å². The van der Waals surface area contributed by atoms with E-state index in [9.17, 15) is 5.11 Å². The van der Waals surface area contributed by atoms with Gasteiger partial charge in [0.2, 0.25) is 0 Å². The number of ether oxygens (including phenoxy) is 1. The maximum Gasteiger partial charge on any atom is 0.261 e. The van der Waals surface area contributed by atoms with E-state index in [1.54, 1.807) is 30.0 Å². The zero-order valence-corrected chi connectivity index (χ0v) is 10.3. The van der Waals surface area contributed by atoms with Crippen LogP contribution in [0, 0.1) is 0 Å². The lowest BCUT2D eigenvalue weighted by Gasteiger charge is -2.04. The average molecular weight is 252 g/mol. The van der Waals surface area contributed by atoms with Gasteiger partial charge in [0.1, 0.15) is 0 Å². The second kappa shape index (κ2) is 5.09. The van der Waals surface area contributed by atoms with Crippen molar-refractivity contribution in [3.63, 3.8) is 0 Å². The molecule has 1 aromatic heterocycles. The van der Waals surface area contributed by atoms with Gasteiger partial charge in [0, 0.05) is 0 Å². The van der Waals surface area contributed by atoms with Crippen molar-refractivity contribution in [2.45, 2.75) is 5.75 Å². The van der Waals surface area contributed by atoms with Crippen LogP contribution in [0.15, 0.2) is 22.7 Å².